The molecule has 6 nitrogen and oxygen atoms in total. The summed E-state index contributed by atoms with van der Waals surface area (Å²) in [6.07, 6.45) is 9.75. The van der Waals surface area contributed by atoms with E-state index in [-0.39, 0.29) is 17.4 Å². The zero-order valence-corrected chi connectivity index (χ0v) is 21.9. The van der Waals surface area contributed by atoms with Crippen molar-refractivity contribution in [1.82, 2.24) is 15.2 Å². The highest BCUT2D eigenvalue weighted by atomic mass is 16.6. The van der Waals surface area contributed by atoms with Gasteiger partial charge >= 0.3 is 6.09 Å². The van der Waals surface area contributed by atoms with Crippen molar-refractivity contribution in [2.45, 2.75) is 90.3 Å². The smallest absolute Gasteiger partial charge is 0.408 e. The van der Waals surface area contributed by atoms with Crippen LogP contribution in [0.3, 0.4) is 0 Å². The van der Waals surface area contributed by atoms with Crippen molar-refractivity contribution >= 4 is 22.9 Å². The highest BCUT2D eigenvalue weighted by Gasteiger charge is 2.53. The van der Waals surface area contributed by atoms with Gasteiger partial charge in [0.1, 0.15) is 11.6 Å². The van der Waals surface area contributed by atoms with E-state index < -0.39 is 17.7 Å². The van der Waals surface area contributed by atoms with Crippen LogP contribution in [0.4, 0.5) is 4.79 Å². The molecule has 2 amide bonds. The van der Waals surface area contributed by atoms with Crippen molar-refractivity contribution in [2.24, 2.45) is 30.2 Å². The van der Waals surface area contributed by atoms with Gasteiger partial charge in [-0.15, -0.1) is 0 Å². The van der Waals surface area contributed by atoms with Crippen molar-refractivity contribution in [3.63, 3.8) is 0 Å². The lowest BCUT2D eigenvalue weighted by Crippen LogP contribution is -2.58. The van der Waals surface area contributed by atoms with Crippen LogP contribution in [0.1, 0.15) is 71.8 Å². The lowest BCUT2D eigenvalue weighted by molar-refractivity contribution is -0.127. The SMILES string of the molecule is C[C@H](NC(=O)[C@H](Cc1cn(C)c2ccccc12)NC(=O)OC(C)(C)C)C12CC3CC(CC(C3)C1)C2. The molecule has 4 fully saturated rings. The van der Waals surface area contributed by atoms with Gasteiger partial charge in [0.15, 0.2) is 0 Å². The summed E-state index contributed by atoms with van der Waals surface area (Å²) >= 11 is 0. The molecule has 4 aliphatic rings. The van der Waals surface area contributed by atoms with E-state index in [4.69, 9.17) is 4.74 Å². The number of aryl methyl sites for hydroxylation is 1. The molecular formula is C29H41N3O3. The van der Waals surface area contributed by atoms with Crippen LogP contribution in [0.2, 0.25) is 0 Å². The van der Waals surface area contributed by atoms with Crippen molar-refractivity contribution in [2.75, 3.05) is 0 Å². The fourth-order valence-corrected chi connectivity index (χ4v) is 7.64. The normalized spacial score (nSPS) is 29.1. The standard InChI is InChI=1S/C29H41N3O3/c1-18(29-14-19-10-20(15-29)12-21(11-19)16-29)30-26(33)24(31-27(34)35-28(2,3)4)13-22-17-32(5)25-9-7-6-8-23(22)25/h6-9,17-21,24H,10-16H2,1-5H3,(H,30,33)(H,31,34)/t18-,19?,20?,21?,24-,29?/m0/s1. The van der Waals surface area contributed by atoms with Crippen LogP contribution in [-0.4, -0.2) is 34.3 Å². The Balaban J connectivity index is 1.35. The van der Waals surface area contributed by atoms with Crippen LogP contribution < -0.4 is 10.6 Å². The zero-order chi connectivity index (χ0) is 25.0. The summed E-state index contributed by atoms with van der Waals surface area (Å²) in [6.45, 7) is 7.69. The number of fused-ring (bicyclic) bond motifs is 1. The minimum atomic E-state index is -0.702. The third-order valence-electron chi connectivity index (χ3n) is 8.77. The van der Waals surface area contributed by atoms with Gasteiger partial charge in [0.25, 0.3) is 0 Å². The molecule has 4 aliphatic carbocycles. The second-order valence-electron chi connectivity index (χ2n) is 12.7. The minimum absolute atomic E-state index is 0.0962. The molecule has 0 aliphatic heterocycles. The van der Waals surface area contributed by atoms with E-state index >= 15 is 0 Å². The van der Waals surface area contributed by atoms with Crippen LogP contribution in [0.5, 0.6) is 0 Å². The van der Waals surface area contributed by atoms with Gasteiger partial charge < -0.3 is 19.9 Å². The molecule has 0 saturated heterocycles. The van der Waals surface area contributed by atoms with Gasteiger partial charge in [0.05, 0.1) is 0 Å². The molecular weight excluding hydrogens is 438 g/mol. The van der Waals surface area contributed by atoms with E-state index in [1.165, 1.54) is 38.5 Å². The summed E-state index contributed by atoms with van der Waals surface area (Å²) < 4.78 is 7.59. The molecule has 4 bridgehead atoms. The molecule has 1 aromatic carbocycles. The number of hydrogen-bond donors (Lipinski definition) is 2. The van der Waals surface area contributed by atoms with Gasteiger partial charge in [0, 0.05) is 36.6 Å². The van der Waals surface area contributed by atoms with Gasteiger partial charge in [-0.05, 0) is 101 Å². The third-order valence-corrected chi connectivity index (χ3v) is 8.77. The minimum Gasteiger partial charge on any atom is -0.444 e. The number of rotatable bonds is 6. The molecule has 6 heteroatoms. The zero-order valence-electron chi connectivity index (χ0n) is 21.9. The summed E-state index contributed by atoms with van der Waals surface area (Å²) in [5, 5.41) is 7.36. The van der Waals surface area contributed by atoms with Gasteiger partial charge in [-0.1, -0.05) is 18.2 Å². The van der Waals surface area contributed by atoms with Crippen molar-refractivity contribution in [3.8, 4) is 0 Å². The molecule has 35 heavy (non-hydrogen) atoms. The predicted octanol–water partition coefficient (Wildman–Crippen LogP) is 5.34. The van der Waals surface area contributed by atoms with Gasteiger partial charge in [0.2, 0.25) is 5.91 Å². The predicted molar refractivity (Wildman–Crippen MR) is 138 cm³/mol. The van der Waals surface area contributed by atoms with E-state index in [9.17, 15) is 9.59 Å². The molecule has 0 radical (unpaired) electrons. The first-order valence-electron chi connectivity index (χ1n) is 13.3. The maximum atomic E-state index is 13.7. The molecule has 190 valence electrons. The number of aromatic nitrogens is 1. The average Bonchev–Trinajstić information content (AvgIpc) is 3.06. The third kappa shape index (κ3) is 4.94. The average molecular weight is 480 g/mol. The Labute approximate surface area is 209 Å². The second kappa shape index (κ2) is 8.86. The lowest BCUT2D eigenvalue weighted by atomic mass is 9.48. The Morgan fingerprint density at radius 2 is 1.66 bits per heavy atom. The van der Waals surface area contributed by atoms with Crippen LogP contribution in [-0.2, 0) is 23.0 Å². The van der Waals surface area contributed by atoms with E-state index in [0.717, 1.165) is 34.2 Å². The number of benzene rings is 1. The van der Waals surface area contributed by atoms with E-state index in [1.54, 1.807) is 0 Å². The van der Waals surface area contributed by atoms with Gasteiger partial charge in [-0.3, -0.25) is 4.79 Å². The Kier molecular flexibility index (Phi) is 6.13. The number of carbonyl (C=O) groups is 2. The van der Waals surface area contributed by atoms with Crippen LogP contribution in [0.15, 0.2) is 30.5 Å². The second-order valence-corrected chi connectivity index (χ2v) is 12.7. The maximum Gasteiger partial charge on any atom is 0.408 e. The van der Waals surface area contributed by atoms with Crippen molar-refractivity contribution in [3.05, 3.63) is 36.0 Å². The summed E-state index contributed by atoms with van der Waals surface area (Å²) in [4.78, 5) is 26.4. The van der Waals surface area contributed by atoms with Gasteiger partial charge in [-0.2, -0.15) is 0 Å². The summed E-state index contributed by atoms with van der Waals surface area (Å²) in [5.74, 6) is 2.36. The largest absolute Gasteiger partial charge is 0.444 e. The maximum absolute atomic E-state index is 13.7. The number of nitrogens with zero attached hydrogens (tertiary/aromatic N) is 1. The Hall–Kier alpha value is -2.50. The van der Waals surface area contributed by atoms with E-state index in [0.29, 0.717) is 6.42 Å². The first kappa shape index (κ1) is 24.2. The Bertz CT molecular complexity index is 1080. The topological polar surface area (TPSA) is 72.4 Å². The molecule has 0 spiro atoms. The molecule has 1 aromatic heterocycles. The number of alkyl carbamates (subject to hydrolysis) is 1. The molecule has 0 unspecified atom stereocenters. The van der Waals surface area contributed by atoms with Crippen LogP contribution in [0, 0.1) is 23.2 Å². The Morgan fingerprint density at radius 1 is 1.06 bits per heavy atom. The molecule has 2 aromatic rings. The molecule has 2 atom stereocenters. The van der Waals surface area contributed by atoms with Crippen LogP contribution >= 0.6 is 0 Å². The number of ether oxygens (including phenoxy) is 1. The number of hydrogen-bond acceptors (Lipinski definition) is 3. The van der Waals surface area contributed by atoms with E-state index in [2.05, 4.69) is 40.5 Å². The fourth-order valence-electron chi connectivity index (χ4n) is 7.64. The summed E-state index contributed by atoms with van der Waals surface area (Å²) in [6, 6.07) is 7.57. The number of nitrogens with one attached hydrogen (secondary N) is 2. The number of para-hydroxylation sites is 1. The quantitative estimate of drug-likeness (QED) is 0.588. The first-order valence-corrected chi connectivity index (χ1v) is 13.3. The van der Waals surface area contributed by atoms with E-state index in [1.807, 2.05) is 40.0 Å². The van der Waals surface area contributed by atoms with Gasteiger partial charge in [-0.25, -0.2) is 4.79 Å². The molecule has 6 rings (SSSR count). The number of carbonyl (C=O) groups excluding carboxylic acids is 2. The fraction of sp³-hybridized carbons (Fsp3) is 0.655. The summed E-state index contributed by atoms with van der Waals surface area (Å²) in [5.41, 5.74) is 1.74. The highest BCUT2D eigenvalue weighted by Crippen LogP contribution is 2.61. The molecule has 4 saturated carbocycles. The number of amides is 2. The first-order chi connectivity index (χ1) is 16.5. The monoisotopic (exact) mass is 479 g/mol. The van der Waals surface area contributed by atoms with Crippen molar-refractivity contribution < 1.29 is 14.3 Å². The highest BCUT2D eigenvalue weighted by molar-refractivity contribution is 5.88. The molecule has 1 heterocycles. The Morgan fingerprint density at radius 3 is 2.26 bits per heavy atom. The van der Waals surface area contributed by atoms with Crippen LogP contribution in [0.25, 0.3) is 10.9 Å². The molecule has 2 N–H and O–H groups in total. The summed E-state index contributed by atoms with van der Waals surface area (Å²) in [7, 11) is 2.01. The lowest BCUT2D eigenvalue weighted by Gasteiger charge is -2.59. The van der Waals surface area contributed by atoms with Crippen molar-refractivity contribution in [1.29, 1.82) is 0 Å².